The third-order valence-corrected chi connectivity index (χ3v) is 3.21. The maximum absolute atomic E-state index is 11.4. The highest BCUT2D eigenvalue weighted by Crippen LogP contribution is 2.09. The minimum atomic E-state index is -3.43. The van der Waals surface area contributed by atoms with Crippen molar-refractivity contribution in [1.82, 2.24) is 4.98 Å². The van der Waals surface area contributed by atoms with E-state index in [2.05, 4.69) is 9.71 Å². The SMILES string of the molecule is CCCS(=O)(=O)Nc1cc(C(=O)O)ccn1. The molecule has 0 unspecified atom stereocenters. The van der Waals surface area contributed by atoms with Gasteiger partial charge in [-0.15, -0.1) is 0 Å². The fourth-order valence-electron chi connectivity index (χ4n) is 1.10. The number of carboxylic acids is 1. The van der Waals surface area contributed by atoms with E-state index in [0.717, 1.165) is 0 Å². The molecule has 0 bridgehead atoms. The monoisotopic (exact) mass is 244 g/mol. The first-order valence-electron chi connectivity index (χ1n) is 4.64. The molecule has 16 heavy (non-hydrogen) atoms. The summed E-state index contributed by atoms with van der Waals surface area (Å²) in [5.74, 6) is -1.13. The Morgan fingerprint density at radius 2 is 2.25 bits per heavy atom. The van der Waals surface area contributed by atoms with Crippen molar-refractivity contribution in [2.75, 3.05) is 10.5 Å². The number of anilines is 1. The van der Waals surface area contributed by atoms with Crippen LogP contribution >= 0.6 is 0 Å². The molecule has 0 radical (unpaired) electrons. The average molecular weight is 244 g/mol. The van der Waals surface area contributed by atoms with Crippen molar-refractivity contribution in [3.63, 3.8) is 0 Å². The van der Waals surface area contributed by atoms with Crippen LogP contribution in [0.15, 0.2) is 18.3 Å². The van der Waals surface area contributed by atoms with Gasteiger partial charge in [-0.25, -0.2) is 18.2 Å². The van der Waals surface area contributed by atoms with E-state index in [1.807, 2.05) is 0 Å². The van der Waals surface area contributed by atoms with Gasteiger partial charge in [0.1, 0.15) is 5.82 Å². The van der Waals surface area contributed by atoms with Crippen LogP contribution < -0.4 is 4.72 Å². The molecular weight excluding hydrogens is 232 g/mol. The van der Waals surface area contributed by atoms with Crippen molar-refractivity contribution in [3.8, 4) is 0 Å². The van der Waals surface area contributed by atoms with Crippen molar-refractivity contribution in [2.24, 2.45) is 0 Å². The van der Waals surface area contributed by atoms with Gasteiger partial charge in [0, 0.05) is 6.20 Å². The predicted molar refractivity (Wildman–Crippen MR) is 58.9 cm³/mol. The number of aromatic nitrogens is 1. The van der Waals surface area contributed by atoms with E-state index in [1.165, 1.54) is 18.3 Å². The molecule has 0 atom stereocenters. The van der Waals surface area contributed by atoms with Crippen molar-refractivity contribution >= 4 is 21.8 Å². The molecule has 0 aromatic carbocycles. The number of carbonyl (C=O) groups is 1. The van der Waals surface area contributed by atoms with E-state index >= 15 is 0 Å². The van der Waals surface area contributed by atoms with Crippen molar-refractivity contribution < 1.29 is 18.3 Å². The highest BCUT2D eigenvalue weighted by Gasteiger charge is 2.11. The van der Waals surface area contributed by atoms with Gasteiger partial charge in [0.25, 0.3) is 0 Å². The third kappa shape index (κ3) is 3.50. The Morgan fingerprint density at radius 1 is 1.56 bits per heavy atom. The molecule has 0 aliphatic rings. The number of sulfonamides is 1. The molecule has 0 amide bonds. The van der Waals surface area contributed by atoms with Gasteiger partial charge in [-0.3, -0.25) is 4.72 Å². The normalized spacial score (nSPS) is 11.1. The van der Waals surface area contributed by atoms with Gasteiger partial charge < -0.3 is 5.11 Å². The molecule has 2 N–H and O–H groups in total. The lowest BCUT2D eigenvalue weighted by atomic mass is 10.3. The first-order valence-corrected chi connectivity index (χ1v) is 6.29. The van der Waals surface area contributed by atoms with Gasteiger partial charge in [0.2, 0.25) is 10.0 Å². The van der Waals surface area contributed by atoms with Crippen molar-refractivity contribution in [3.05, 3.63) is 23.9 Å². The van der Waals surface area contributed by atoms with E-state index in [9.17, 15) is 13.2 Å². The number of aromatic carboxylic acids is 1. The molecule has 0 fully saturated rings. The molecular formula is C9H12N2O4S. The zero-order valence-corrected chi connectivity index (χ0v) is 9.49. The minimum Gasteiger partial charge on any atom is -0.478 e. The second kappa shape index (κ2) is 4.93. The highest BCUT2D eigenvalue weighted by molar-refractivity contribution is 7.92. The molecule has 0 aliphatic heterocycles. The Kier molecular flexibility index (Phi) is 3.83. The van der Waals surface area contributed by atoms with Crippen LogP contribution in [0.5, 0.6) is 0 Å². The summed E-state index contributed by atoms with van der Waals surface area (Å²) in [5, 5.41) is 8.71. The Balaban J connectivity index is 2.90. The Labute approximate surface area is 93.4 Å². The molecule has 6 nitrogen and oxygen atoms in total. The summed E-state index contributed by atoms with van der Waals surface area (Å²) in [4.78, 5) is 14.4. The summed E-state index contributed by atoms with van der Waals surface area (Å²) in [7, 11) is -3.43. The van der Waals surface area contributed by atoms with Crippen LogP contribution in [-0.2, 0) is 10.0 Å². The maximum Gasteiger partial charge on any atom is 0.335 e. The second-order valence-electron chi connectivity index (χ2n) is 3.16. The van der Waals surface area contributed by atoms with E-state index in [4.69, 9.17) is 5.11 Å². The standard InChI is InChI=1S/C9H12N2O4S/c1-2-5-16(14,15)11-8-6-7(9(12)13)3-4-10-8/h3-4,6H,2,5H2,1H3,(H,10,11)(H,12,13). The zero-order chi connectivity index (χ0) is 12.2. The zero-order valence-electron chi connectivity index (χ0n) is 8.67. The van der Waals surface area contributed by atoms with Gasteiger partial charge in [-0.1, -0.05) is 6.92 Å². The number of nitrogens with one attached hydrogen (secondary N) is 1. The van der Waals surface area contributed by atoms with Gasteiger partial charge in [0.05, 0.1) is 11.3 Å². The lowest BCUT2D eigenvalue weighted by Gasteiger charge is -2.06. The topological polar surface area (TPSA) is 96.4 Å². The van der Waals surface area contributed by atoms with E-state index in [-0.39, 0.29) is 17.1 Å². The van der Waals surface area contributed by atoms with Crippen LogP contribution in [0.4, 0.5) is 5.82 Å². The molecule has 1 rings (SSSR count). The molecule has 0 spiro atoms. The summed E-state index contributed by atoms with van der Waals surface area (Å²) in [5.41, 5.74) is -0.0100. The summed E-state index contributed by atoms with van der Waals surface area (Å²) in [6.07, 6.45) is 1.72. The van der Waals surface area contributed by atoms with Crippen LogP contribution in [0.3, 0.4) is 0 Å². The number of nitrogens with zero attached hydrogens (tertiary/aromatic N) is 1. The summed E-state index contributed by atoms with van der Waals surface area (Å²) in [6, 6.07) is 2.47. The Hall–Kier alpha value is -1.63. The van der Waals surface area contributed by atoms with Crippen LogP contribution in [0, 0.1) is 0 Å². The van der Waals surface area contributed by atoms with E-state index in [1.54, 1.807) is 6.92 Å². The Bertz CT molecular complexity index is 484. The number of hydrogen-bond acceptors (Lipinski definition) is 4. The van der Waals surface area contributed by atoms with Crippen LogP contribution in [0.25, 0.3) is 0 Å². The molecule has 88 valence electrons. The van der Waals surface area contributed by atoms with Gasteiger partial charge in [0.15, 0.2) is 0 Å². The van der Waals surface area contributed by atoms with E-state index in [0.29, 0.717) is 6.42 Å². The summed E-state index contributed by atoms with van der Waals surface area (Å²) >= 11 is 0. The lowest BCUT2D eigenvalue weighted by Crippen LogP contribution is -2.17. The average Bonchev–Trinajstić information content (AvgIpc) is 2.17. The quantitative estimate of drug-likeness (QED) is 0.803. The number of rotatable bonds is 5. The smallest absolute Gasteiger partial charge is 0.335 e. The van der Waals surface area contributed by atoms with Crippen LogP contribution in [-0.4, -0.2) is 30.2 Å². The number of hydrogen-bond donors (Lipinski definition) is 2. The van der Waals surface area contributed by atoms with Gasteiger partial charge >= 0.3 is 5.97 Å². The largest absolute Gasteiger partial charge is 0.478 e. The first kappa shape index (κ1) is 12.4. The summed E-state index contributed by atoms with van der Waals surface area (Å²) in [6.45, 7) is 1.74. The molecule has 1 aromatic rings. The van der Waals surface area contributed by atoms with E-state index < -0.39 is 16.0 Å². The molecule has 7 heteroatoms. The predicted octanol–water partition coefficient (Wildman–Crippen LogP) is 0.932. The molecule has 1 aromatic heterocycles. The van der Waals surface area contributed by atoms with Crippen LogP contribution in [0.2, 0.25) is 0 Å². The van der Waals surface area contributed by atoms with Crippen LogP contribution in [0.1, 0.15) is 23.7 Å². The first-order chi connectivity index (χ1) is 7.44. The molecule has 0 saturated heterocycles. The van der Waals surface area contributed by atoms with Gasteiger partial charge in [-0.05, 0) is 18.6 Å². The maximum atomic E-state index is 11.4. The lowest BCUT2D eigenvalue weighted by molar-refractivity contribution is 0.0697. The second-order valence-corrected chi connectivity index (χ2v) is 5.00. The van der Waals surface area contributed by atoms with Crippen molar-refractivity contribution in [1.29, 1.82) is 0 Å². The van der Waals surface area contributed by atoms with Gasteiger partial charge in [-0.2, -0.15) is 0 Å². The third-order valence-electron chi connectivity index (χ3n) is 1.74. The molecule has 1 heterocycles. The minimum absolute atomic E-state index is 0.0100. The summed E-state index contributed by atoms with van der Waals surface area (Å²) < 4.78 is 25.0. The number of carboxylic acid groups (broad SMARTS) is 1. The molecule has 0 saturated carbocycles. The van der Waals surface area contributed by atoms with Crippen molar-refractivity contribution in [2.45, 2.75) is 13.3 Å². The Morgan fingerprint density at radius 3 is 2.81 bits per heavy atom. The highest BCUT2D eigenvalue weighted by atomic mass is 32.2. The fraction of sp³-hybridized carbons (Fsp3) is 0.333. The molecule has 0 aliphatic carbocycles. The number of pyridine rings is 1. The fourth-order valence-corrected chi connectivity index (χ4v) is 2.17.